The average Bonchev–Trinajstić information content (AvgIpc) is 3.25. The summed E-state index contributed by atoms with van der Waals surface area (Å²) in [5.41, 5.74) is 3.60. The molecular formula is C26H28N6O2. The molecule has 0 unspecified atom stereocenters. The second kappa shape index (κ2) is 9.18. The summed E-state index contributed by atoms with van der Waals surface area (Å²) in [6, 6.07) is 8.24. The highest BCUT2D eigenvalue weighted by atomic mass is 16.5. The molecule has 0 N–H and O–H groups in total. The topological polar surface area (TPSA) is 86.8 Å². The fraction of sp³-hybridized carbons (Fsp3) is 0.385. The zero-order valence-corrected chi connectivity index (χ0v) is 19.4. The number of nitriles is 1. The SMILES string of the molecule is C=C(C)C(=O)N1CCN(c2ccc(-c3cc(OCC4CCC4)cn4ncc(C#N)c34)cn2)CC1. The van der Waals surface area contributed by atoms with Crippen LogP contribution in [0.4, 0.5) is 5.82 Å². The minimum Gasteiger partial charge on any atom is -0.492 e. The van der Waals surface area contributed by atoms with Crippen LogP contribution in [-0.2, 0) is 4.79 Å². The molecule has 8 heteroatoms. The van der Waals surface area contributed by atoms with Crippen molar-refractivity contribution in [3.8, 4) is 22.9 Å². The largest absolute Gasteiger partial charge is 0.492 e. The maximum atomic E-state index is 12.2. The number of fused-ring (bicyclic) bond motifs is 1. The van der Waals surface area contributed by atoms with Crippen LogP contribution < -0.4 is 9.64 Å². The lowest BCUT2D eigenvalue weighted by Crippen LogP contribution is -2.49. The van der Waals surface area contributed by atoms with Crippen molar-refractivity contribution in [1.29, 1.82) is 5.26 Å². The molecule has 8 nitrogen and oxygen atoms in total. The molecule has 0 aromatic carbocycles. The van der Waals surface area contributed by atoms with Crippen LogP contribution in [0.3, 0.4) is 0 Å². The Hall–Kier alpha value is -3.86. The Kier molecular flexibility index (Phi) is 5.93. The van der Waals surface area contributed by atoms with E-state index in [1.807, 2.05) is 35.5 Å². The maximum Gasteiger partial charge on any atom is 0.249 e. The number of hydrogen-bond acceptors (Lipinski definition) is 6. The number of piperazine rings is 1. The fourth-order valence-corrected chi connectivity index (χ4v) is 4.49. The number of aromatic nitrogens is 3. The van der Waals surface area contributed by atoms with E-state index in [4.69, 9.17) is 9.72 Å². The predicted molar refractivity (Wildman–Crippen MR) is 130 cm³/mol. The number of carbonyl (C=O) groups is 1. The molecule has 1 amide bonds. The van der Waals surface area contributed by atoms with Crippen molar-refractivity contribution in [2.45, 2.75) is 26.2 Å². The van der Waals surface area contributed by atoms with E-state index in [0.717, 1.165) is 41.3 Å². The van der Waals surface area contributed by atoms with E-state index < -0.39 is 0 Å². The van der Waals surface area contributed by atoms with Gasteiger partial charge in [-0.2, -0.15) is 10.4 Å². The van der Waals surface area contributed by atoms with E-state index in [1.54, 1.807) is 17.6 Å². The Labute approximate surface area is 199 Å². The van der Waals surface area contributed by atoms with E-state index in [-0.39, 0.29) is 5.91 Å². The first-order valence-electron chi connectivity index (χ1n) is 11.7. The quantitative estimate of drug-likeness (QED) is 0.526. The summed E-state index contributed by atoms with van der Waals surface area (Å²) in [5, 5.41) is 14.0. The third-order valence-electron chi connectivity index (χ3n) is 6.73. The van der Waals surface area contributed by atoms with Crippen molar-refractivity contribution < 1.29 is 9.53 Å². The summed E-state index contributed by atoms with van der Waals surface area (Å²) in [5.74, 6) is 2.25. The number of anilines is 1. The lowest BCUT2D eigenvalue weighted by Gasteiger charge is -2.35. The van der Waals surface area contributed by atoms with Crippen molar-refractivity contribution in [2.24, 2.45) is 5.92 Å². The first kappa shape index (κ1) is 22.0. The number of amides is 1. The van der Waals surface area contributed by atoms with Crippen LogP contribution in [0.5, 0.6) is 5.75 Å². The summed E-state index contributed by atoms with van der Waals surface area (Å²) >= 11 is 0. The fourth-order valence-electron chi connectivity index (χ4n) is 4.49. The first-order chi connectivity index (χ1) is 16.5. The highest BCUT2D eigenvalue weighted by Gasteiger charge is 2.23. The first-order valence-corrected chi connectivity index (χ1v) is 11.7. The maximum absolute atomic E-state index is 12.2. The molecule has 1 saturated carbocycles. The van der Waals surface area contributed by atoms with Crippen LogP contribution in [0.15, 0.2) is 48.9 Å². The summed E-state index contributed by atoms with van der Waals surface area (Å²) in [6.07, 6.45) is 8.97. The van der Waals surface area contributed by atoms with Gasteiger partial charge in [-0.3, -0.25) is 4.79 Å². The van der Waals surface area contributed by atoms with Crippen molar-refractivity contribution in [3.63, 3.8) is 0 Å². The van der Waals surface area contributed by atoms with Gasteiger partial charge in [0.15, 0.2) is 0 Å². The predicted octanol–water partition coefficient (Wildman–Crippen LogP) is 3.67. The Balaban J connectivity index is 1.38. The van der Waals surface area contributed by atoms with Crippen LogP contribution in [0.2, 0.25) is 0 Å². The summed E-state index contributed by atoms with van der Waals surface area (Å²) in [6.45, 7) is 8.95. The molecule has 174 valence electrons. The summed E-state index contributed by atoms with van der Waals surface area (Å²) in [4.78, 5) is 20.9. The van der Waals surface area contributed by atoms with Crippen LogP contribution in [0.1, 0.15) is 31.7 Å². The number of ether oxygens (including phenoxy) is 1. The standard InChI is InChI=1S/C26H28N6O2/c1-18(2)26(33)31-10-8-30(9-11-31)24-7-6-20(14-28-24)23-12-22(34-17-19-4-3-5-19)16-32-25(23)21(13-27)15-29-32/h6-7,12,14-16,19H,1,3-5,8-11,17H2,2H3. The molecular weight excluding hydrogens is 428 g/mol. The monoisotopic (exact) mass is 456 g/mol. The highest BCUT2D eigenvalue weighted by molar-refractivity contribution is 5.92. The molecule has 2 fully saturated rings. The molecule has 4 heterocycles. The Morgan fingerprint density at radius 2 is 2.03 bits per heavy atom. The normalized spacial score (nSPS) is 16.2. The van der Waals surface area contributed by atoms with Gasteiger partial charge in [0.25, 0.3) is 0 Å². The number of hydrogen-bond donors (Lipinski definition) is 0. The average molecular weight is 457 g/mol. The molecule has 3 aromatic heterocycles. The van der Waals surface area contributed by atoms with Gasteiger partial charge in [0.05, 0.1) is 30.1 Å². The highest BCUT2D eigenvalue weighted by Crippen LogP contribution is 2.33. The van der Waals surface area contributed by atoms with Gasteiger partial charge in [0.2, 0.25) is 5.91 Å². The van der Waals surface area contributed by atoms with Gasteiger partial charge in [-0.15, -0.1) is 0 Å². The van der Waals surface area contributed by atoms with Gasteiger partial charge >= 0.3 is 0 Å². The number of carbonyl (C=O) groups excluding carboxylic acids is 1. The van der Waals surface area contributed by atoms with Crippen LogP contribution in [0.25, 0.3) is 16.6 Å². The molecule has 1 aliphatic carbocycles. The molecule has 3 aromatic rings. The number of nitrogens with zero attached hydrogens (tertiary/aromatic N) is 6. The second-order valence-electron chi connectivity index (χ2n) is 9.13. The molecule has 1 saturated heterocycles. The molecule has 5 rings (SSSR count). The molecule has 0 atom stereocenters. The van der Waals surface area contributed by atoms with E-state index in [0.29, 0.717) is 36.8 Å². The molecule has 1 aliphatic heterocycles. The van der Waals surface area contributed by atoms with Crippen LogP contribution in [-0.4, -0.2) is 58.2 Å². The third-order valence-corrected chi connectivity index (χ3v) is 6.73. The Morgan fingerprint density at radius 1 is 1.24 bits per heavy atom. The Bertz CT molecular complexity index is 1260. The number of rotatable bonds is 6. The third kappa shape index (κ3) is 4.21. The van der Waals surface area contributed by atoms with Gasteiger partial charge in [-0.05, 0) is 43.9 Å². The van der Waals surface area contributed by atoms with E-state index in [2.05, 4.69) is 22.6 Å². The molecule has 34 heavy (non-hydrogen) atoms. The zero-order chi connectivity index (χ0) is 23.7. The molecule has 0 bridgehead atoms. The Morgan fingerprint density at radius 3 is 2.65 bits per heavy atom. The van der Waals surface area contributed by atoms with Crippen LogP contribution in [0, 0.1) is 17.2 Å². The van der Waals surface area contributed by atoms with Crippen molar-refractivity contribution >= 4 is 17.2 Å². The van der Waals surface area contributed by atoms with E-state index in [1.165, 1.54) is 19.3 Å². The summed E-state index contributed by atoms with van der Waals surface area (Å²) in [7, 11) is 0. The van der Waals surface area contributed by atoms with Crippen molar-refractivity contribution in [3.05, 3.63) is 54.5 Å². The van der Waals surface area contributed by atoms with Gasteiger partial charge in [-0.1, -0.05) is 13.0 Å². The molecule has 0 spiro atoms. The van der Waals surface area contributed by atoms with E-state index in [9.17, 15) is 10.1 Å². The second-order valence-corrected chi connectivity index (χ2v) is 9.13. The van der Waals surface area contributed by atoms with Gasteiger partial charge in [-0.25, -0.2) is 9.50 Å². The van der Waals surface area contributed by atoms with Crippen molar-refractivity contribution in [1.82, 2.24) is 19.5 Å². The van der Waals surface area contributed by atoms with Gasteiger partial charge in [0, 0.05) is 49.1 Å². The minimum absolute atomic E-state index is 0.0143. The van der Waals surface area contributed by atoms with Gasteiger partial charge in [0.1, 0.15) is 17.6 Å². The lowest BCUT2D eigenvalue weighted by atomic mass is 9.86. The zero-order valence-electron chi connectivity index (χ0n) is 19.4. The van der Waals surface area contributed by atoms with Crippen molar-refractivity contribution in [2.75, 3.05) is 37.7 Å². The minimum atomic E-state index is 0.0143. The van der Waals surface area contributed by atoms with Gasteiger partial charge < -0.3 is 14.5 Å². The smallest absolute Gasteiger partial charge is 0.249 e. The van der Waals surface area contributed by atoms with Crippen LogP contribution >= 0.6 is 0 Å². The van der Waals surface area contributed by atoms with E-state index >= 15 is 0 Å². The number of pyridine rings is 2. The lowest BCUT2D eigenvalue weighted by molar-refractivity contribution is -0.127. The summed E-state index contributed by atoms with van der Waals surface area (Å²) < 4.78 is 7.80. The molecule has 2 aliphatic rings. The molecule has 0 radical (unpaired) electrons.